The van der Waals surface area contributed by atoms with Crippen molar-refractivity contribution >= 4 is 30.1 Å². The van der Waals surface area contributed by atoms with E-state index in [0.717, 1.165) is 31.0 Å². The molecule has 0 atom stereocenters. The molecule has 1 heterocycles. The molecule has 0 saturated carbocycles. The van der Waals surface area contributed by atoms with Crippen LogP contribution in [0.15, 0.2) is 29.2 Å². The standard InChI is InChI=1S/C16H24N2OS.ClH/c1-20-15-5-2-14(3-6-15)12-18-16(19)7-4-13-8-10-17-11-9-13;/h2-3,5-6,13,17H,4,7-12H2,1H3,(H,18,19);1H. The molecular formula is C16H25ClN2OS. The molecule has 2 N–H and O–H groups in total. The van der Waals surface area contributed by atoms with E-state index in [0.29, 0.717) is 13.0 Å². The molecule has 1 aromatic carbocycles. The Balaban J connectivity index is 0.00000220. The molecule has 1 saturated heterocycles. The second-order valence-corrected chi connectivity index (χ2v) is 6.24. The zero-order chi connectivity index (χ0) is 14.2. The first-order valence-corrected chi connectivity index (χ1v) is 8.61. The van der Waals surface area contributed by atoms with Crippen molar-refractivity contribution in [1.29, 1.82) is 0 Å². The first-order valence-electron chi connectivity index (χ1n) is 7.38. The molecule has 3 nitrogen and oxygen atoms in total. The fourth-order valence-electron chi connectivity index (χ4n) is 2.54. The van der Waals surface area contributed by atoms with Crippen LogP contribution in [0.5, 0.6) is 0 Å². The Morgan fingerprint density at radius 2 is 1.95 bits per heavy atom. The third kappa shape index (κ3) is 6.72. The molecule has 0 unspecified atom stereocenters. The van der Waals surface area contributed by atoms with Gasteiger partial charge in [-0.1, -0.05) is 12.1 Å². The second kappa shape index (κ2) is 10.1. The highest BCUT2D eigenvalue weighted by atomic mass is 35.5. The number of nitrogens with one attached hydrogen (secondary N) is 2. The average Bonchev–Trinajstić information content (AvgIpc) is 2.52. The van der Waals surface area contributed by atoms with Gasteiger partial charge >= 0.3 is 0 Å². The SMILES string of the molecule is CSc1ccc(CNC(=O)CCC2CCNCC2)cc1.Cl. The van der Waals surface area contributed by atoms with Crippen molar-refractivity contribution in [2.24, 2.45) is 5.92 Å². The molecule has 1 amide bonds. The van der Waals surface area contributed by atoms with Gasteiger partial charge < -0.3 is 10.6 Å². The monoisotopic (exact) mass is 328 g/mol. The van der Waals surface area contributed by atoms with E-state index in [1.807, 2.05) is 0 Å². The molecule has 0 aromatic heterocycles. The van der Waals surface area contributed by atoms with Gasteiger partial charge in [0.05, 0.1) is 0 Å². The first kappa shape index (κ1) is 18.3. The summed E-state index contributed by atoms with van der Waals surface area (Å²) in [7, 11) is 0. The van der Waals surface area contributed by atoms with Gasteiger partial charge in [0.15, 0.2) is 0 Å². The van der Waals surface area contributed by atoms with E-state index in [9.17, 15) is 4.79 Å². The van der Waals surface area contributed by atoms with Crippen LogP contribution < -0.4 is 10.6 Å². The van der Waals surface area contributed by atoms with Gasteiger partial charge in [0.1, 0.15) is 0 Å². The molecule has 1 aromatic rings. The molecule has 5 heteroatoms. The maximum Gasteiger partial charge on any atom is 0.220 e. The van der Waals surface area contributed by atoms with Gasteiger partial charge in [0.25, 0.3) is 0 Å². The number of hydrogen-bond donors (Lipinski definition) is 2. The fourth-order valence-corrected chi connectivity index (χ4v) is 2.95. The quantitative estimate of drug-likeness (QED) is 0.788. The number of carbonyl (C=O) groups is 1. The van der Waals surface area contributed by atoms with Crippen LogP contribution in [-0.4, -0.2) is 25.3 Å². The van der Waals surface area contributed by atoms with Crippen molar-refractivity contribution in [2.45, 2.75) is 37.1 Å². The summed E-state index contributed by atoms with van der Waals surface area (Å²) in [5, 5.41) is 6.37. The summed E-state index contributed by atoms with van der Waals surface area (Å²) in [5.41, 5.74) is 1.16. The minimum atomic E-state index is 0. The minimum Gasteiger partial charge on any atom is -0.352 e. The number of halogens is 1. The van der Waals surface area contributed by atoms with Crippen LogP contribution in [0.3, 0.4) is 0 Å². The van der Waals surface area contributed by atoms with Gasteiger partial charge in [-0.2, -0.15) is 0 Å². The lowest BCUT2D eigenvalue weighted by atomic mass is 9.93. The molecule has 0 aliphatic carbocycles. The fraction of sp³-hybridized carbons (Fsp3) is 0.562. The first-order chi connectivity index (χ1) is 9.78. The van der Waals surface area contributed by atoms with Crippen molar-refractivity contribution in [3.63, 3.8) is 0 Å². The predicted octanol–water partition coefficient (Wildman–Crippen LogP) is 3.23. The van der Waals surface area contributed by atoms with Crippen LogP contribution in [0.25, 0.3) is 0 Å². The van der Waals surface area contributed by atoms with Crippen LogP contribution in [0, 0.1) is 5.92 Å². The number of piperidine rings is 1. The van der Waals surface area contributed by atoms with Crippen molar-refractivity contribution in [3.05, 3.63) is 29.8 Å². The van der Waals surface area contributed by atoms with E-state index in [4.69, 9.17) is 0 Å². The number of hydrogen-bond acceptors (Lipinski definition) is 3. The van der Waals surface area contributed by atoms with E-state index in [1.165, 1.54) is 17.7 Å². The second-order valence-electron chi connectivity index (χ2n) is 5.36. The van der Waals surface area contributed by atoms with Crippen LogP contribution in [0.2, 0.25) is 0 Å². The Bertz CT molecular complexity index is 419. The highest BCUT2D eigenvalue weighted by molar-refractivity contribution is 7.98. The maximum absolute atomic E-state index is 11.9. The van der Waals surface area contributed by atoms with Gasteiger partial charge in [-0.25, -0.2) is 0 Å². The lowest BCUT2D eigenvalue weighted by Gasteiger charge is -2.22. The molecule has 1 fully saturated rings. The number of carbonyl (C=O) groups excluding carboxylic acids is 1. The van der Waals surface area contributed by atoms with E-state index in [2.05, 4.69) is 41.2 Å². The molecule has 1 aliphatic heterocycles. The summed E-state index contributed by atoms with van der Waals surface area (Å²) in [6.45, 7) is 2.85. The van der Waals surface area contributed by atoms with Gasteiger partial charge in [-0.15, -0.1) is 24.2 Å². The number of rotatable bonds is 6. The van der Waals surface area contributed by atoms with Crippen LogP contribution >= 0.6 is 24.2 Å². The van der Waals surface area contributed by atoms with Crippen molar-refractivity contribution in [3.8, 4) is 0 Å². The Morgan fingerprint density at radius 1 is 1.29 bits per heavy atom. The van der Waals surface area contributed by atoms with Gasteiger partial charge in [-0.05, 0) is 62.2 Å². The zero-order valence-corrected chi connectivity index (χ0v) is 14.2. The zero-order valence-electron chi connectivity index (χ0n) is 12.6. The molecule has 0 bridgehead atoms. The Kier molecular flexibility index (Phi) is 8.81. The van der Waals surface area contributed by atoms with E-state index >= 15 is 0 Å². The summed E-state index contributed by atoms with van der Waals surface area (Å²) < 4.78 is 0. The third-order valence-electron chi connectivity index (χ3n) is 3.89. The smallest absolute Gasteiger partial charge is 0.220 e. The van der Waals surface area contributed by atoms with E-state index < -0.39 is 0 Å². The third-order valence-corrected chi connectivity index (χ3v) is 4.63. The van der Waals surface area contributed by atoms with Crippen molar-refractivity contribution in [1.82, 2.24) is 10.6 Å². The Hall–Kier alpha value is -0.710. The molecule has 118 valence electrons. The molecule has 0 spiro atoms. The lowest BCUT2D eigenvalue weighted by molar-refractivity contribution is -0.121. The van der Waals surface area contributed by atoms with E-state index in [-0.39, 0.29) is 18.3 Å². The van der Waals surface area contributed by atoms with Gasteiger partial charge in [-0.3, -0.25) is 4.79 Å². The van der Waals surface area contributed by atoms with Crippen molar-refractivity contribution < 1.29 is 4.79 Å². The molecular weight excluding hydrogens is 304 g/mol. The highest BCUT2D eigenvalue weighted by Gasteiger charge is 2.14. The normalized spacial score (nSPS) is 15.3. The minimum absolute atomic E-state index is 0. The Labute approximate surface area is 138 Å². The largest absolute Gasteiger partial charge is 0.352 e. The molecule has 2 rings (SSSR count). The predicted molar refractivity (Wildman–Crippen MR) is 92.1 cm³/mol. The van der Waals surface area contributed by atoms with Crippen LogP contribution in [-0.2, 0) is 11.3 Å². The van der Waals surface area contributed by atoms with Crippen molar-refractivity contribution in [2.75, 3.05) is 19.3 Å². The molecule has 0 radical (unpaired) electrons. The summed E-state index contributed by atoms with van der Waals surface area (Å²) >= 11 is 1.73. The summed E-state index contributed by atoms with van der Waals surface area (Å²) in [5.74, 6) is 0.903. The highest BCUT2D eigenvalue weighted by Crippen LogP contribution is 2.18. The summed E-state index contributed by atoms with van der Waals surface area (Å²) in [4.78, 5) is 13.1. The molecule has 1 aliphatic rings. The number of benzene rings is 1. The lowest BCUT2D eigenvalue weighted by Crippen LogP contribution is -2.29. The van der Waals surface area contributed by atoms with Crippen LogP contribution in [0.1, 0.15) is 31.2 Å². The Morgan fingerprint density at radius 3 is 2.57 bits per heavy atom. The molecule has 21 heavy (non-hydrogen) atoms. The topological polar surface area (TPSA) is 41.1 Å². The van der Waals surface area contributed by atoms with Gasteiger partial charge in [0.2, 0.25) is 5.91 Å². The number of amides is 1. The van der Waals surface area contributed by atoms with E-state index in [1.54, 1.807) is 11.8 Å². The maximum atomic E-state index is 11.9. The summed E-state index contributed by atoms with van der Waals surface area (Å²) in [6.07, 6.45) is 6.18. The average molecular weight is 329 g/mol. The number of thioether (sulfide) groups is 1. The van der Waals surface area contributed by atoms with Crippen LogP contribution in [0.4, 0.5) is 0 Å². The van der Waals surface area contributed by atoms with Gasteiger partial charge in [0, 0.05) is 17.9 Å². The summed E-state index contributed by atoms with van der Waals surface area (Å²) in [6, 6.07) is 8.36.